The Labute approximate surface area is 90.0 Å². The Kier molecular flexibility index (Phi) is 4.42. The average molecular weight is 247 g/mol. The minimum atomic E-state index is -4.26. The highest BCUT2D eigenvalue weighted by molar-refractivity contribution is 8.68. The topological polar surface area (TPSA) is 12.5 Å². The zero-order chi connectivity index (χ0) is 10.8. The number of nitrogens with zero attached hydrogens (tertiary/aromatic N) is 1. The SMILES string of the molecule is CC(SS)N1CCO[C@H](C(F)(F)F)C1. The van der Waals surface area contributed by atoms with Crippen LogP contribution in [-0.4, -0.2) is 42.3 Å². The number of hydrogen-bond acceptors (Lipinski definition) is 4. The second kappa shape index (κ2) is 4.96. The van der Waals surface area contributed by atoms with Gasteiger partial charge in [-0.1, -0.05) is 10.8 Å². The van der Waals surface area contributed by atoms with E-state index in [2.05, 4.69) is 16.4 Å². The molecule has 1 rings (SSSR count). The van der Waals surface area contributed by atoms with Gasteiger partial charge in [0.15, 0.2) is 6.10 Å². The fourth-order valence-electron chi connectivity index (χ4n) is 1.26. The minimum Gasteiger partial charge on any atom is -0.366 e. The summed E-state index contributed by atoms with van der Waals surface area (Å²) >= 11 is 3.98. The molecule has 0 amide bonds. The fraction of sp³-hybridized carbons (Fsp3) is 1.00. The predicted octanol–water partition coefficient (Wildman–Crippen LogP) is 2.17. The van der Waals surface area contributed by atoms with Gasteiger partial charge in [0, 0.05) is 13.1 Å². The smallest absolute Gasteiger partial charge is 0.366 e. The third kappa shape index (κ3) is 3.22. The van der Waals surface area contributed by atoms with Crippen molar-refractivity contribution in [1.82, 2.24) is 4.90 Å². The third-order valence-corrected chi connectivity index (χ3v) is 3.65. The first-order valence-electron chi connectivity index (χ1n) is 4.17. The zero-order valence-electron chi connectivity index (χ0n) is 7.62. The molecule has 2 nitrogen and oxygen atoms in total. The van der Waals surface area contributed by atoms with Gasteiger partial charge in [-0.3, -0.25) is 4.90 Å². The van der Waals surface area contributed by atoms with Crippen LogP contribution in [0.5, 0.6) is 0 Å². The number of halogens is 3. The van der Waals surface area contributed by atoms with Crippen LogP contribution in [-0.2, 0) is 4.74 Å². The largest absolute Gasteiger partial charge is 0.415 e. The van der Waals surface area contributed by atoms with Gasteiger partial charge < -0.3 is 4.74 Å². The first kappa shape index (κ1) is 12.5. The lowest BCUT2D eigenvalue weighted by Crippen LogP contribution is -2.51. The standard InChI is InChI=1S/C7H12F3NOS2/c1-5(14-13)11-2-3-12-6(4-11)7(8,9)10/h5-6,13H,2-4H2,1H3/t5?,6-/m0/s1. The molecule has 14 heavy (non-hydrogen) atoms. The maximum atomic E-state index is 12.3. The van der Waals surface area contributed by atoms with Gasteiger partial charge in [-0.05, 0) is 6.92 Å². The van der Waals surface area contributed by atoms with E-state index in [4.69, 9.17) is 0 Å². The molecule has 0 bridgehead atoms. The monoisotopic (exact) mass is 247 g/mol. The van der Waals surface area contributed by atoms with Crippen LogP contribution in [0.15, 0.2) is 0 Å². The van der Waals surface area contributed by atoms with Gasteiger partial charge >= 0.3 is 6.18 Å². The number of rotatable bonds is 2. The van der Waals surface area contributed by atoms with Crippen molar-refractivity contribution in [2.45, 2.75) is 24.6 Å². The lowest BCUT2D eigenvalue weighted by Gasteiger charge is -2.36. The van der Waals surface area contributed by atoms with Gasteiger partial charge in [0.2, 0.25) is 0 Å². The number of ether oxygens (including phenoxy) is 1. The quantitative estimate of drug-likeness (QED) is 0.593. The highest BCUT2D eigenvalue weighted by atomic mass is 33.1. The van der Waals surface area contributed by atoms with Gasteiger partial charge in [0.25, 0.3) is 0 Å². The van der Waals surface area contributed by atoms with E-state index in [1.165, 1.54) is 10.8 Å². The molecule has 0 radical (unpaired) electrons. The van der Waals surface area contributed by atoms with Crippen molar-refractivity contribution in [2.24, 2.45) is 0 Å². The zero-order valence-corrected chi connectivity index (χ0v) is 9.33. The Morgan fingerprint density at radius 1 is 1.57 bits per heavy atom. The molecule has 0 saturated carbocycles. The molecule has 1 aliphatic heterocycles. The summed E-state index contributed by atoms with van der Waals surface area (Å²) in [6.45, 7) is 2.39. The highest BCUT2D eigenvalue weighted by Gasteiger charge is 2.43. The summed E-state index contributed by atoms with van der Waals surface area (Å²) in [4.78, 5) is 1.72. The molecule has 0 spiro atoms. The van der Waals surface area contributed by atoms with Crippen LogP contribution in [0.25, 0.3) is 0 Å². The van der Waals surface area contributed by atoms with Crippen molar-refractivity contribution in [1.29, 1.82) is 0 Å². The molecular formula is C7H12F3NOS2. The number of hydrogen-bond donors (Lipinski definition) is 1. The molecule has 84 valence electrons. The summed E-state index contributed by atoms with van der Waals surface area (Å²) in [6.07, 6.45) is -5.92. The second-order valence-electron chi connectivity index (χ2n) is 3.10. The normalized spacial score (nSPS) is 27.6. The van der Waals surface area contributed by atoms with E-state index >= 15 is 0 Å². The van der Waals surface area contributed by atoms with Crippen LogP contribution in [0.3, 0.4) is 0 Å². The van der Waals surface area contributed by atoms with Crippen molar-refractivity contribution in [3.05, 3.63) is 0 Å². The van der Waals surface area contributed by atoms with Crippen molar-refractivity contribution < 1.29 is 17.9 Å². The van der Waals surface area contributed by atoms with E-state index in [1.54, 1.807) is 4.90 Å². The Balaban J connectivity index is 2.52. The third-order valence-electron chi connectivity index (χ3n) is 2.13. The van der Waals surface area contributed by atoms with E-state index in [0.29, 0.717) is 6.54 Å². The summed E-state index contributed by atoms with van der Waals surface area (Å²) < 4.78 is 41.6. The van der Waals surface area contributed by atoms with Gasteiger partial charge in [-0.2, -0.15) is 13.2 Å². The molecule has 1 aliphatic rings. The number of morpholine rings is 1. The van der Waals surface area contributed by atoms with E-state index < -0.39 is 12.3 Å². The Bertz CT molecular complexity index is 190. The molecule has 0 N–H and O–H groups in total. The van der Waals surface area contributed by atoms with Crippen molar-refractivity contribution >= 4 is 22.5 Å². The maximum Gasteiger partial charge on any atom is 0.415 e. The number of thiol groups is 1. The first-order chi connectivity index (χ1) is 6.45. The van der Waals surface area contributed by atoms with Gasteiger partial charge in [0.05, 0.1) is 12.0 Å². The summed E-state index contributed by atoms with van der Waals surface area (Å²) in [6, 6.07) is 0. The first-order valence-corrected chi connectivity index (χ1v) is 6.11. The van der Waals surface area contributed by atoms with Crippen LogP contribution in [0.4, 0.5) is 13.2 Å². The van der Waals surface area contributed by atoms with Crippen LogP contribution in [0.1, 0.15) is 6.92 Å². The molecule has 1 fully saturated rings. The van der Waals surface area contributed by atoms with Crippen LogP contribution in [0.2, 0.25) is 0 Å². The molecule has 1 heterocycles. The molecule has 0 aliphatic carbocycles. The number of alkyl halides is 3. The highest BCUT2D eigenvalue weighted by Crippen LogP contribution is 2.28. The van der Waals surface area contributed by atoms with Gasteiger partial charge in [-0.25, -0.2) is 0 Å². The Morgan fingerprint density at radius 2 is 2.21 bits per heavy atom. The molecule has 0 aromatic heterocycles. The maximum absolute atomic E-state index is 12.3. The summed E-state index contributed by atoms with van der Waals surface area (Å²) in [5.41, 5.74) is 0. The molecular weight excluding hydrogens is 235 g/mol. The van der Waals surface area contributed by atoms with E-state index in [-0.39, 0.29) is 18.5 Å². The van der Waals surface area contributed by atoms with E-state index in [9.17, 15) is 13.2 Å². The van der Waals surface area contributed by atoms with Crippen molar-refractivity contribution in [3.63, 3.8) is 0 Å². The predicted molar refractivity (Wildman–Crippen MR) is 53.4 cm³/mol. The van der Waals surface area contributed by atoms with Gasteiger partial charge in [-0.15, -0.1) is 11.7 Å². The van der Waals surface area contributed by atoms with Crippen molar-refractivity contribution in [2.75, 3.05) is 19.7 Å². The average Bonchev–Trinajstić information content (AvgIpc) is 2.15. The van der Waals surface area contributed by atoms with Crippen LogP contribution < -0.4 is 0 Å². The second-order valence-corrected chi connectivity index (χ2v) is 4.63. The molecule has 0 aromatic rings. The molecule has 2 atom stereocenters. The Hall–Kier alpha value is 0.410. The summed E-state index contributed by atoms with van der Waals surface area (Å²) in [5, 5.41) is -0.0212. The van der Waals surface area contributed by atoms with Crippen LogP contribution in [0, 0.1) is 0 Å². The Morgan fingerprint density at radius 3 is 2.71 bits per heavy atom. The van der Waals surface area contributed by atoms with E-state index in [0.717, 1.165) is 0 Å². The van der Waals surface area contributed by atoms with Crippen LogP contribution >= 0.6 is 22.5 Å². The fourth-order valence-corrected chi connectivity index (χ4v) is 1.99. The molecule has 0 aromatic carbocycles. The lowest BCUT2D eigenvalue weighted by molar-refractivity contribution is -0.237. The summed E-state index contributed by atoms with van der Waals surface area (Å²) in [5.74, 6) is 0. The summed E-state index contributed by atoms with van der Waals surface area (Å²) in [7, 11) is 1.24. The molecule has 1 unspecified atom stereocenters. The molecule has 1 saturated heterocycles. The molecule has 7 heteroatoms. The lowest BCUT2D eigenvalue weighted by atomic mass is 10.2. The van der Waals surface area contributed by atoms with E-state index in [1.807, 2.05) is 6.92 Å². The van der Waals surface area contributed by atoms with Crippen molar-refractivity contribution in [3.8, 4) is 0 Å². The minimum absolute atomic E-state index is 0.0212. The van der Waals surface area contributed by atoms with Gasteiger partial charge in [0.1, 0.15) is 0 Å².